The molecule has 146 valence electrons. The maximum Gasteiger partial charge on any atom is 0.374 e. The van der Waals surface area contributed by atoms with E-state index in [4.69, 9.17) is 9.94 Å². The number of hydrogen-bond acceptors (Lipinski definition) is 10. The van der Waals surface area contributed by atoms with Crippen LogP contribution in [0.15, 0.2) is 12.3 Å². The van der Waals surface area contributed by atoms with E-state index < -0.39 is 5.97 Å². The third-order valence-corrected chi connectivity index (χ3v) is 5.36. The van der Waals surface area contributed by atoms with E-state index >= 15 is 0 Å². The van der Waals surface area contributed by atoms with Crippen molar-refractivity contribution in [3.05, 3.63) is 28.0 Å². The van der Waals surface area contributed by atoms with Gasteiger partial charge in [0.15, 0.2) is 5.82 Å². The lowest BCUT2D eigenvalue weighted by Crippen LogP contribution is -2.47. The van der Waals surface area contributed by atoms with Gasteiger partial charge in [-0.1, -0.05) is 6.92 Å². The average Bonchev–Trinajstić information content (AvgIpc) is 3.16. The van der Waals surface area contributed by atoms with E-state index in [0.29, 0.717) is 23.1 Å². The van der Waals surface area contributed by atoms with Crippen molar-refractivity contribution < 1.29 is 14.7 Å². The highest BCUT2D eigenvalue weighted by Crippen LogP contribution is 2.19. The average molecular weight is 392 g/mol. The number of nitrogens with one attached hydrogen (secondary N) is 1. The lowest BCUT2D eigenvalue weighted by atomic mass is 10.3. The van der Waals surface area contributed by atoms with E-state index in [-0.39, 0.29) is 6.61 Å². The maximum absolute atomic E-state index is 12.1. The van der Waals surface area contributed by atoms with Gasteiger partial charge >= 0.3 is 5.97 Å². The summed E-state index contributed by atoms with van der Waals surface area (Å²) < 4.78 is 0. The van der Waals surface area contributed by atoms with Gasteiger partial charge < -0.3 is 14.8 Å². The number of thiazole rings is 1. The Labute approximate surface area is 162 Å². The summed E-state index contributed by atoms with van der Waals surface area (Å²) in [6.07, 6.45) is 2.31. The highest BCUT2D eigenvalue weighted by molar-refractivity contribution is 7.13. The van der Waals surface area contributed by atoms with Crippen molar-refractivity contribution in [2.45, 2.75) is 20.3 Å². The molecule has 2 aromatic heterocycles. The Bertz CT molecular complexity index is 776. The number of anilines is 2. The number of aromatic nitrogens is 3. The Morgan fingerprint density at radius 2 is 2.11 bits per heavy atom. The van der Waals surface area contributed by atoms with Crippen molar-refractivity contribution in [1.82, 2.24) is 19.9 Å². The minimum Gasteiger partial charge on any atom is -0.395 e. The second kappa shape index (κ2) is 9.07. The van der Waals surface area contributed by atoms with Crippen molar-refractivity contribution in [3.8, 4) is 0 Å². The summed E-state index contributed by atoms with van der Waals surface area (Å²) in [5.74, 6) is 1.33. The zero-order valence-electron chi connectivity index (χ0n) is 15.5. The van der Waals surface area contributed by atoms with E-state index in [2.05, 4.69) is 30.2 Å². The van der Waals surface area contributed by atoms with Gasteiger partial charge in [-0.25, -0.2) is 19.7 Å². The molecule has 1 aliphatic heterocycles. The van der Waals surface area contributed by atoms with Gasteiger partial charge in [-0.05, 0) is 13.3 Å². The van der Waals surface area contributed by atoms with Gasteiger partial charge in [-0.2, -0.15) is 5.48 Å². The topological polar surface area (TPSA) is 104 Å². The largest absolute Gasteiger partial charge is 0.395 e. The normalized spacial score (nSPS) is 15.0. The summed E-state index contributed by atoms with van der Waals surface area (Å²) in [5.41, 5.74) is 2.63. The Hall–Kier alpha value is -2.30. The van der Waals surface area contributed by atoms with Crippen LogP contribution in [0.5, 0.6) is 0 Å². The van der Waals surface area contributed by atoms with Gasteiger partial charge in [0.05, 0.1) is 17.8 Å². The first kappa shape index (κ1) is 19.5. The molecule has 0 aliphatic carbocycles. The zero-order valence-corrected chi connectivity index (χ0v) is 16.3. The fourth-order valence-corrected chi connectivity index (χ4v) is 3.56. The van der Waals surface area contributed by atoms with Crippen molar-refractivity contribution in [1.29, 1.82) is 0 Å². The van der Waals surface area contributed by atoms with Gasteiger partial charge in [0.25, 0.3) is 0 Å². The lowest BCUT2D eigenvalue weighted by Gasteiger charge is -2.35. The van der Waals surface area contributed by atoms with E-state index in [0.717, 1.165) is 43.4 Å². The molecule has 0 radical (unpaired) electrons. The molecule has 0 spiro atoms. The van der Waals surface area contributed by atoms with Crippen LogP contribution in [0.2, 0.25) is 0 Å². The van der Waals surface area contributed by atoms with Crippen LogP contribution in [0.25, 0.3) is 0 Å². The summed E-state index contributed by atoms with van der Waals surface area (Å²) in [5, 5.41) is 9.94. The van der Waals surface area contributed by atoms with Crippen LogP contribution < -0.4 is 10.4 Å². The number of carbonyl (C=O) groups is 1. The molecular formula is C17H24N6O3S. The third-order valence-electron chi connectivity index (χ3n) is 4.24. The Balaban J connectivity index is 1.61. The SMILES string of the molecule is CCc1ncc(C(=O)ONc2cc(N3CCN(CCO)CC3)nc(C)n2)s1. The molecule has 0 bridgehead atoms. The standard InChI is InChI=1S/C17H24N6O3S/c1-3-16-18-11-13(27-16)17(25)26-21-14-10-15(20-12(2)19-14)23-6-4-22(5-7-23)8-9-24/h10-11,24H,3-9H2,1-2H3,(H,19,20,21). The van der Waals surface area contributed by atoms with Gasteiger partial charge in [0.2, 0.25) is 0 Å². The Morgan fingerprint density at radius 1 is 1.33 bits per heavy atom. The van der Waals surface area contributed by atoms with Crippen molar-refractivity contribution in [2.24, 2.45) is 0 Å². The molecule has 10 heteroatoms. The smallest absolute Gasteiger partial charge is 0.374 e. The summed E-state index contributed by atoms with van der Waals surface area (Å²) in [4.78, 5) is 35.0. The number of piperazine rings is 1. The van der Waals surface area contributed by atoms with Crippen LogP contribution in [0.4, 0.5) is 11.6 Å². The first-order valence-electron chi connectivity index (χ1n) is 8.94. The second-order valence-corrected chi connectivity index (χ2v) is 7.29. The van der Waals surface area contributed by atoms with Crippen LogP contribution in [0, 0.1) is 6.92 Å². The van der Waals surface area contributed by atoms with Gasteiger partial charge in [-0.15, -0.1) is 11.3 Å². The molecule has 1 aliphatic rings. The van der Waals surface area contributed by atoms with Crippen LogP contribution in [-0.2, 0) is 11.3 Å². The van der Waals surface area contributed by atoms with Crippen LogP contribution >= 0.6 is 11.3 Å². The molecule has 0 atom stereocenters. The number of β-amino-alcohol motifs (C(OH)–C–C–N with tert-alkyl or cyclic N) is 1. The third kappa shape index (κ3) is 5.12. The van der Waals surface area contributed by atoms with E-state index in [1.165, 1.54) is 17.5 Å². The second-order valence-electron chi connectivity index (χ2n) is 6.17. The molecule has 27 heavy (non-hydrogen) atoms. The number of rotatable bonds is 7. The van der Waals surface area contributed by atoms with E-state index in [1.807, 2.05) is 6.92 Å². The van der Waals surface area contributed by atoms with Gasteiger partial charge in [0.1, 0.15) is 16.5 Å². The monoisotopic (exact) mass is 392 g/mol. The molecule has 1 fully saturated rings. The van der Waals surface area contributed by atoms with E-state index in [9.17, 15) is 4.79 Å². The van der Waals surface area contributed by atoms with Gasteiger partial charge in [0, 0.05) is 38.8 Å². The number of aliphatic hydroxyl groups excluding tert-OH is 1. The van der Waals surface area contributed by atoms with E-state index in [1.54, 1.807) is 13.0 Å². The summed E-state index contributed by atoms with van der Waals surface area (Å²) in [6, 6.07) is 1.77. The highest BCUT2D eigenvalue weighted by Gasteiger charge is 2.19. The quantitative estimate of drug-likeness (QED) is 0.670. The minimum atomic E-state index is -0.484. The molecule has 2 aromatic rings. The van der Waals surface area contributed by atoms with Crippen molar-refractivity contribution in [2.75, 3.05) is 49.7 Å². The van der Waals surface area contributed by atoms with Crippen LogP contribution in [0.3, 0.4) is 0 Å². The molecule has 3 heterocycles. The number of aliphatic hydroxyl groups is 1. The molecule has 3 rings (SSSR count). The summed E-state index contributed by atoms with van der Waals surface area (Å²) in [7, 11) is 0. The predicted molar refractivity (Wildman–Crippen MR) is 103 cm³/mol. The number of hydrogen-bond donors (Lipinski definition) is 2. The minimum absolute atomic E-state index is 0.172. The fourth-order valence-electron chi connectivity index (χ4n) is 2.83. The molecule has 0 aromatic carbocycles. The number of nitrogens with zero attached hydrogens (tertiary/aromatic N) is 5. The first-order valence-corrected chi connectivity index (χ1v) is 9.76. The molecule has 9 nitrogen and oxygen atoms in total. The highest BCUT2D eigenvalue weighted by atomic mass is 32.1. The van der Waals surface area contributed by atoms with Crippen molar-refractivity contribution >= 4 is 28.9 Å². The predicted octanol–water partition coefficient (Wildman–Crippen LogP) is 1.10. The number of aryl methyl sites for hydroxylation is 2. The molecule has 0 amide bonds. The molecule has 0 saturated carbocycles. The maximum atomic E-state index is 12.1. The van der Waals surface area contributed by atoms with Crippen LogP contribution in [-0.4, -0.2) is 70.3 Å². The lowest BCUT2D eigenvalue weighted by molar-refractivity contribution is 0.0600. The summed E-state index contributed by atoms with van der Waals surface area (Å²) in [6.45, 7) is 8.02. The molecule has 1 saturated heterocycles. The Kier molecular flexibility index (Phi) is 6.54. The van der Waals surface area contributed by atoms with Gasteiger partial charge in [-0.3, -0.25) is 4.90 Å². The molecule has 0 unspecified atom stereocenters. The first-order chi connectivity index (χ1) is 13.1. The Morgan fingerprint density at radius 3 is 2.78 bits per heavy atom. The summed E-state index contributed by atoms with van der Waals surface area (Å²) >= 11 is 1.32. The molecular weight excluding hydrogens is 368 g/mol. The van der Waals surface area contributed by atoms with Crippen molar-refractivity contribution in [3.63, 3.8) is 0 Å². The molecule has 2 N–H and O–H groups in total. The fraction of sp³-hybridized carbons (Fsp3) is 0.529. The number of carbonyl (C=O) groups excluding carboxylic acids is 1. The van der Waals surface area contributed by atoms with Crippen LogP contribution in [0.1, 0.15) is 27.4 Å². The zero-order chi connectivity index (χ0) is 19.2.